The van der Waals surface area contributed by atoms with E-state index < -0.39 is 0 Å². The molecule has 1 amide bonds. The molecule has 3 rings (SSSR count). The van der Waals surface area contributed by atoms with Gasteiger partial charge in [0.15, 0.2) is 0 Å². The minimum absolute atomic E-state index is 0.0376. The topological polar surface area (TPSA) is 42.0 Å². The van der Waals surface area contributed by atoms with Gasteiger partial charge in [-0.1, -0.05) is 24.3 Å². The molecule has 1 aromatic carbocycles. The molecule has 1 aromatic heterocycles. The lowest BCUT2D eigenvalue weighted by Crippen LogP contribution is -2.25. The number of aryl methyl sites for hydroxylation is 1. The summed E-state index contributed by atoms with van der Waals surface area (Å²) < 4.78 is 0. The molecular weight excluding hydrogens is 248 g/mol. The Morgan fingerprint density at radius 2 is 2.15 bits per heavy atom. The molecule has 1 aliphatic carbocycles. The Morgan fingerprint density at radius 3 is 3.00 bits per heavy atom. The summed E-state index contributed by atoms with van der Waals surface area (Å²) >= 11 is 0. The highest BCUT2D eigenvalue weighted by atomic mass is 16.1. The zero-order valence-corrected chi connectivity index (χ0v) is 11.4. The average molecular weight is 266 g/mol. The molecule has 0 saturated heterocycles. The number of pyridine rings is 1. The van der Waals surface area contributed by atoms with E-state index in [1.54, 1.807) is 24.5 Å². The Morgan fingerprint density at radius 1 is 1.25 bits per heavy atom. The first kappa shape index (κ1) is 12.9. The Kier molecular flexibility index (Phi) is 3.77. The molecule has 20 heavy (non-hydrogen) atoms. The minimum Gasteiger partial charge on any atom is -0.352 e. The number of nitrogens with zero attached hydrogens (tertiary/aromatic N) is 1. The lowest BCUT2D eigenvalue weighted by molar-refractivity contribution is 0.0952. The second-order valence-electron chi connectivity index (χ2n) is 5.22. The quantitative estimate of drug-likeness (QED) is 0.924. The van der Waals surface area contributed by atoms with Crippen LogP contribution in [0.2, 0.25) is 0 Å². The van der Waals surface area contributed by atoms with E-state index in [1.807, 2.05) is 0 Å². The third-order valence-electron chi connectivity index (χ3n) is 3.96. The van der Waals surface area contributed by atoms with Gasteiger partial charge in [-0.25, -0.2) is 0 Å². The number of carbonyl (C=O) groups is 1. The maximum atomic E-state index is 11.9. The van der Waals surface area contributed by atoms with Gasteiger partial charge in [-0.15, -0.1) is 0 Å². The van der Waals surface area contributed by atoms with E-state index in [0.717, 1.165) is 12.8 Å². The van der Waals surface area contributed by atoms with E-state index >= 15 is 0 Å². The second kappa shape index (κ2) is 5.87. The van der Waals surface area contributed by atoms with Gasteiger partial charge in [-0.3, -0.25) is 9.78 Å². The summed E-state index contributed by atoms with van der Waals surface area (Å²) in [6.45, 7) is 0.715. The Balaban J connectivity index is 1.53. The molecular formula is C17H18N2O. The molecule has 1 atom stereocenters. The number of benzene rings is 1. The van der Waals surface area contributed by atoms with Crippen molar-refractivity contribution in [3.8, 4) is 0 Å². The SMILES string of the molecule is O=C(NCC[C@@H]1CCc2ccccc21)c1cccnc1. The Bertz CT molecular complexity index is 595. The van der Waals surface area contributed by atoms with Crippen LogP contribution in [0.3, 0.4) is 0 Å². The predicted octanol–water partition coefficient (Wildman–Crippen LogP) is 2.93. The van der Waals surface area contributed by atoms with Crippen molar-refractivity contribution in [1.82, 2.24) is 10.3 Å². The van der Waals surface area contributed by atoms with Crippen LogP contribution in [0.5, 0.6) is 0 Å². The van der Waals surface area contributed by atoms with Crippen molar-refractivity contribution in [3.63, 3.8) is 0 Å². The minimum atomic E-state index is -0.0376. The first-order valence-corrected chi connectivity index (χ1v) is 7.10. The fraction of sp³-hybridized carbons (Fsp3) is 0.294. The molecule has 0 fully saturated rings. The predicted molar refractivity (Wildman–Crippen MR) is 78.7 cm³/mol. The molecule has 102 valence electrons. The van der Waals surface area contributed by atoms with Crippen LogP contribution in [0.25, 0.3) is 0 Å². The standard InChI is InChI=1S/C17H18N2O/c20-17(15-5-3-10-18-12-15)19-11-9-14-8-7-13-4-1-2-6-16(13)14/h1-6,10,12,14H,7-9,11H2,(H,19,20)/t14-/m0/s1. The first-order valence-electron chi connectivity index (χ1n) is 7.10. The zero-order chi connectivity index (χ0) is 13.8. The maximum absolute atomic E-state index is 11.9. The number of carbonyl (C=O) groups excluding carboxylic acids is 1. The smallest absolute Gasteiger partial charge is 0.252 e. The fourth-order valence-electron chi connectivity index (χ4n) is 2.90. The van der Waals surface area contributed by atoms with Crippen LogP contribution in [0.15, 0.2) is 48.8 Å². The average Bonchev–Trinajstić information content (AvgIpc) is 2.92. The maximum Gasteiger partial charge on any atom is 0.252 e. The molecule has 1 N–H and O–H groups in total. The summed E-state index contributed by atoms with van der Waals surface area (Å²) in [4.78, 5) is 15.9. The molecule has 0 unspecified atom stereocenters. The van der Waals surface area contributed by atoms with Crippen LogP contribution in [0.4, 0.5) is 0 Å². The molecule has 0 bridgehead atoms. The number of aromatic nitrogens is 1. The van der Waals surface area contributed by atoms with Crippen molar-refractivity contribution in [3.05, 3.63) is 65.5 Å². The van der Waals surface area contributed by atoms with Crippen LogP contribution in [-0.4, -0.2) is 17.4 Å². The first-order chi connectivity index (χ1) is 9.84. The molecule has 1 heterocycles. The largest absolute Gasteiger partial charge is 0.352 e. The number of hydrogen-bond donors (Lipinski definition) is 1. The van der Waals surface area contributed by atoms with Gasteiger partial charge < -0.3 is 5.32 Å². The van der Waals surface area contributed by atoms with Crippen LogP contribution in [0, 0.1) is 0 Å². The van der Waals surface area contributed by atoms with E-state index in [0.29, 0.717) is 18.0 Å². The van der Waals surface area contributed by atoms with Gasteiger partial charge in [0.05, 0.1) is 5.56 Å². The van der Waals surface area contributed by atoms with Crippen LogP contribution >= 0.6 is 0 Å². The molecule has 1 aliphatic rings. The highest BCUT2D eigenvalue weighted by molar-refractivity contribution is 5.93. The van der Waals surface area contributed by atoms with Crippen molar-refractivity contribution < 1.29 is 4.79 Å². The van der Waals surface area contributed by atoms with Gasteiger partial charge >= 0.3 is 0 Å². The normalized spacial score (nSPS) is 16.7. The summed E-state index contributed by atoms with van der Waals surface area (Å²) in [5, 5.41) is 2.98. The molecule has 0 saturated carbocycles. The van der Waals surface area contributed by atoms with Crippen molar-refractivity contribution in [2.45, 2.75) is 25.2 Å². The van der Waals surface area contributed by atoms with Gasteiger partial charge in [0, 0.05) is 18.9 Å². The number of nitrogens with one attached hydrogen (secondary N) is 1. The van der Waals surface area contributed by atoms with E-state index in [4.69, 9.17) is 0 Å². The Labute approximate surface area is 119 Å². The number of rotatable bonds is 4. The third-order valence-corrected chi connectivity index (χ3v) is 3.96. The summed E-state index contributed by atoms with van der Waals surface area (Å²) in [5.74, 6) is 0.546. The molecule has 0 spiro atoms. The van der Waals surface area contributed by atoms with E-state index in [1.165, 1.54) is 17.5 Å². The lowest BCUT2D eigenvalue weighted by atomic mass is 9.98. The highest BCUT2D eigenvalue weighted by Crippen LogP contribution is 2.34. The molecule has 2 aromatic rings. The van der Waals surface area contributed by atoms with E-state index in [9.17, 15) is 4.79 Å². The van der Waals surface area contributed by atoms with E-state index in [-0.39, 0.29) is 5.91 Å². The summed E-state index contributed by atoms with van der Waals surface area (Å²) in [5.41, 5.74) is 3.55. The number of amides is 1. The van der Waals surface area contributed by atoms with Crippen molar-refractivity contribution >= 4 is 5.91 Å². The molecule has 3 nitrogen and oxygen atoms in total. The Hall–Kier alpha value is -2.16. The van der Waals surface area contributed by atoms with Crippen LogP contribution in [-0.2, 0) is 6.42 Å². The van der Waals surface area contributed by atoms with Crippen molar-refractivity contribution in [2.24, 2.45) is 0 Å². The van der Waals surface area contributed by atoms with Crippen molar-refractivity contribution in [1.29, 1.82) is 0 Å². The van der Waals surface area contributed by atoms with Crippen molar-refractivity contribution in [2.75, 3.05) is 6.54 Å². The van der Waals surface area contributed by atoms with Gasteiger partial charge in [0.2, 0.25) is 0 Å². The lowest BCUT2D eigenvalue weighted by Gasteiger charge is -2.12. The highest BCUT2D eigenvalue weighted by Gasteiger charge is 2.21. The molecule has 0 radical (unpaired) electrons. The number of hydrogen-bond acceptors (Lipinski definition) is 2. The summed E-state index contributed by atoms with van der Waals surface area (Å²) in [6, 6.07) is 12.2. The van der Waals surface area contributed by atoms with Crippen LogP contribution in [0.1, 0.15) is 40.2 Å². The number of fused-ring (bicyclic) bond motifs is 1. The summed E-state index contributed by atoms with van der Waals surface area (Å²) in [7, 11) is 0. The fourth-order valence-corrected chi connectivity index (χ4v) is 2.90. The van der Waals surface area contributed by atoms with Gasteiger partial charge in [-0.05, 0) is 48.4 Å². The summed E-state index contributed by atoms with van der Waals surface area (Å²) in [6.07, 6.45) is 6.63. The third kappa shape index (κ3) is 2.72. The monoisotopic (exact) mass is 266 g/mol. The zero-order valence-electron chi connectivity index (χ0n) is 11.4. The second-order valence-corrected chi connectivity index (χ2v) is 5.22. The van der Waals surface area contributed by atoms with Gasteiger partial charge in [-0.2, -0.15) is 0 Å². The van der Waals surface area contributed by atoms with Crippen LogP contribution < -0.4 is 5.32 Å². The molecule has 0 aliphatic heterocycles. The molecule has 3 heteroatoms. The van der Waals surface area contributed by atoms with Gasteiger partial charge in [0.1, 0.15) is 0 Å². The van der Waals surface area contributed by atoms with Gasteiger partial charge in [0.25, 0.3) is 5.91 Å². The van der Waals surface area contributed by atoms with E-state index in [2.05, 4.69) is 34.6 Å².